The van der Waals surface area contributed by atoms with Crippen molar-refractivity contribution in [2.45, 2.75) is 25.9 Å². The van der Waals surface area contributed by atoms with E-state index in [4.69, 9.17) is 10.00 Å². The number of carbonyl (C=O) groups excluding carboxylic acids is 1. The summed E-state index contributed by atoms with van der Waals surface area (Å²) in [6.07, 6.45) is 0.298. The average Bonchev–Trinajstić information content (AvgIpc) is 3.02. The molecule has 2 aliphatic rings. The number of fused-ring (bicyclic) bond motifs is 1. The number of hydrogen-bond donors (Lipinski definition) is 0. The summed E-state index contributed by atoms with van der Waals surface area (Å²) in [7, 11) is 1.47. The zero-order chi connectivity index (χ0) is 20.7. The first-order valence-corrected chi connectivity index (χ1v) is 9.26. The number of hydrogen-bond acceptors (Lipinski definition) is 6. The third-order valence-corrected chi connectivity index (χ3v) is 5.50. The van der Waals surface area contributed by atoms with E-state index in [9.17, 15) is 13.6 Å². The van der Waals surface area contributed by atoms with Crippen LogP contribution < -0.4 is 9.64 Å². The first-order chi connectivity index (χ1) is 13.9. The number of aromatic nitrogens is 2. The predicted molar refractivity (Wildman–Crippen MR) is 98.9 cm³/mol. The van der Waals surface area contributed by atoms with Gasteiger partial charge in [-0.2, -0.15) is 10.2 Å². The Morgan fingerprint density at radius 2 is 2.10 bits per heavy atom. The first-order valence-electron chi connectivity index (χ1n) is 9.26. The Balaban J connectivity index is 1.42. The molecule has 4 rings (SSSR count). The third kappa shape index (κ3) is 3.24. The number of benzene rings is 1. The van der Waals surface area contributed by atoms with E-state index in [0.29, 0.717) is 31.1 Å². The second-order valence-electron chi connectivity index (χ2n) is 7.27. The van der Waals surface area contributed by atoms with E-state index >= 15 is 0 Å². The number of nitriles is 1. The predicted octanol–water partition coefficient (Wildman–Crippen LogP) is 2.56. The molecule has 1 unspecified atom stereocenters. The van der Waals surface area contributed by atoms with E-state index in [0.717, 1.165) is 11.6 Å². The SMILES string of the molecule is COc1nc(C#N)nc2c1C(C)N(C(=O)CC1CN(c3cccc(F)c3F)C1)C2. The molecule has 0 radical (unpaired) electrons. The molecule has 1 atom stereocenters. The summed E-state index contributed by atoms with van der Waals surface area (Å²) < 4.78 is 32.6. The summed E-state index contributed by atoms with van der Waals surface area (Å²) in [6.45, 7) is 3.14. The van der Waals surface area contributed by atoms with Crippen LogP contribution in [0.25, 0.3) is 0 Å². The van der Waals surface area contributed by atoms with E-state index in [2.05, 4.69) is 9.97 Å². The van der Waals surface area contributed by atoms with Gasteiger partial charge in [-0.05, 0) is 19.1 Å². The van der Waals surface area contributed by atoms with E-state index in [1.807, 2.05) is 13.0 Å². The summed E-state index contributed by atoms with van der Waals surface area (Å²) in [4.78, 5) is 24.6. The molecule has 0 bridgehead atoms. The number of nitrogens with zero attached hydrogens (tertiary/aromatic N) is 5. The zero-order valence-corrected chi connectivity index (χ0v) is 16.0. The summed E-state index contributed by atoms with van der Waals surface area (Å²) >= 11 is 0. The highest BCUT2D eigenvalue weighted by atomic mass is 19.2. The molecule has 1 fully saturated rings. The average molecular weight is 399 g/mol. The quantitative estimate of drug-likeness (QED) is 0.786. The van der Waals surface area contributed by atoms with Crippen LogP contribution in [0.5, 0.6) is 5.88 Å². The Morgan fingerprint density at radius 1 is 1.34 bits per heavy atom. The molecule has 1 amide bonds. The van der Waals surface area contributed by atoms with E-state index in [1.54, 1.807) is 9.80 Å². The second-order valence-corrected chi connectivity index (χ2v) is 7.27. The zero-order valence-electron chi connectivity index (χ0n) is 16.0. The number of methoxy groups -OCH3 is 1. The molecule has 2 aromatic rings. The summed E-state index contributed by atoms with van der Waals surface area (Å²) in [5.74, 6) is -1.42. The van der Waals surface area contributed by atoms with E-state index in [-0.39, 0.29) is 35.9 Å². The lowest BCUT2D eigenvalue weighted by Crippen LogP contribution is -2.49. The van der Waals surface area contributed by atoms with Gasteiger partial charge in [0.1, 0.15) is 6.07 Å². The molecule has 1 saturated heterocycles. The number of anilines is 1. The van der Waals surface area contributed by atoms with Gasteiger partial charge in [0.05, 0.1) is 36.6 Å². The van der Waals surface area contributed by atoms with Gasteiger partial charge in [0.15, 0.2) is 11.6 Å². The van der Waals surface area contributed by atoms with Crippen LogP contribution >= 0.6 is 0 Å². The van der Waals surface area contributed by atoms with Gasteiger partial charge < -0.3 is 14.5 Å². The van der Waals surface area contributed by atoms with Crippen LogP contribution in [-0.2, 0) is 11.3 Å². The maximum atomic E-state index is 13.9. The second kappa shape index (κ2) is 7.28. The van der Waals surface area contributed by atoms with Gasteiger partial charge >= 0.3 is 0 Å². The molecule has 2 aliphatic heterocycles. The largest absolute Gasteiger partial charge is 0.481 e. The fourth-order valence-corrected chi connectivity index (χ4v) is 3.99. The van der Waals surface area contributed by atoms with E-state index in [1.165, 1.54) is 19.2 Å². The summed E-state index contributed by atoms with van der Waals surface area (Å²) in [5.41, 5.74) is 1.56. The fourth-order valence-electron chi connectivity index (χ4n) is 3.99. The van der Waals surface area contributed by atoms with Gasteiger partial charge in [-0.3, -0.25) is 4.79 Å². The van der Waals surface area contributed by atoms with Crippen molar-refractivity contribution in [3.63, 3.8) is 0 Å². The summed E-state index contributed by atoms with van der Waals surface area (Å²) in [5, 5.41) is 9.08. The van der Waals surface area contributed by atoms with Crippen LogP contribution in [0.15, 0.2) is 18.2 Å². The van der Waals surface area contributed by atoms with Crippen LogP contribution in [0.2, 0.25) is 0 Å². The van der Waals surface area contributed by atoms with Crippen molar-refractivity contribution in [2.24, 2.45) is 5.92 Å². The van der Waals surface area contributed by atoms with Gasteiger partial charge in [0.2, 0.25) is 17.6 Å². The highest BCUT2D eigenvalue weighted by molar-refractivity contribution is 5.78. The standard InChI is InChI=1S/C20H19F2N5O2/c1-11-18-14(24-16(7-23)25-20(18)29-2)10-27(11)17(28)6-12-8-26(9-12)15-5-3-4-13(21)19(15)22/h3-5,11-12H,6,8-10H2,1-2H3. The Labute approximate surface area is 166 Å². The van der Waals surface area contributed by atoms with Crippen LogP contribution in [0.3, 0.4) is 0 Å². The lowest BCUT2D eigenvalue weighted by atomic mass is 9.94. The van der Waals surface area contributed by atoms with Crippen molar-refractivity contribution in [3.05, 3.63) is 46.9 Å². The molecule has 150 valence electrons. The molecule has 3 heterocycles. The minimum absolute atomic E-state index is 0.00820. The first kappa shape index (κ1) is 19.1. The summed E-state index contributed by atoms with van der Waals surface area (Å²) in [6, 6.07) is 5.73. The van der Waals surface area contributed by atoms with Gasteiger partial charge in [-0.1, -0.05) is 6.07 Å². The number of halogens is 2. The maximum Gasteiger partial charge on any atom is 0.235 e. The molecule has 0 N–H and O–H groups in total. The Morgan fingerprint density at radius 3 is 2.79 bits per heavy atom. The van der Waals surface area contributed by atoms with Crippen LogP contribution in [0.4, 0.5) is 14.5 Å². The monoisotopic (exact) mass is 399 g/mol. The van der Waals surface area contributed by atoms with Gasteiger partial charge in [0, 0.05) is 25.4 Å². The number of carbonyl (C=O) groups is 1. The molecule has 0 spiro atoms. The minimum atomic E-state index is -0.877. The van der Waals surface area contributed by atoms with Crippen LogP contribution in [-0.4, -0.2) is 41.0 Å². The van der Waals surface area contributed by atoms with Gasteiger partial charge in [-0.25, -0.2) is 13.8 Å². The van der Waals surface area contributed by atoms with Gasteiger partial charge in [0.25, 0.3) is 0 Å². The Hall–Kier alpha value is -3.28. The lowest BCUT2D eigenvalue weighted by molar-refractivity contribution is -0.134. The number of amides is 1. The lowest BCUT2D eigenvalue weighted by Gasteiger charge is -2.41. The Bertz CT molecular complexity index is 1020. The smallest absolute Gasteiger partial charge is 0.235 e. The van der Waals surface area contributed by atoms with Gasteiger partial charge in [-0.15, -0.1) is 0 Å². The molecule has 9 heteroatoms. The normalized spacial score (nSPS) is 18.2. The third-order valence-electron chi connectivity index (χ3n) is 5.50. The molecule has 29 heavy (non-hydrogen) atoms. The molecule has 0 saturated carbocycles. The van der Waals surface area contributed by atoms with Crippen molar-refractivity contribution in [3.8, 4) is 11.9 Å². The maximum absolute atomic E-state index is 13.9. The molecular weight excluding hydrogens is 380 g/mol. The van der Waals surface area contributed by atoms with Crippen molar-refractivity contribution in [1.82, 2.24) is 14.9 Å². The molecule has 1 aromatic carbocycles. The van der Waals surface area contributed by atoms with Crippen LogP contribution in [0, 0.1) is 28.9 Å². The molecule has 7 nitrogen and oxygen atoms in total. The number of rotatable bonds is 4. The van der Waals surface area contributed by atoms with Crippen molar-refractivity contribution < 1.29 is 18.3 Å². The molecule has 0 aliphatic carbocycles. The molecule has 1 aromatic heterocycles. The Kier molecular flexibility index (Phi) is 4.78. The minimum Gasteiger partial charge on any atom is -0.481 e. The highest BCUT2D eigenvalue weighted by Crippen LogP contribution is 2.39. The highest BCUT2D eigenvalue weighted by Gasteiger charge is 2.38. The topological polar surface area (TPSA) is 82.3 Å². The van der Waals surface area contributed by atoms with Crippen LogP contribution in [0.1, 0.15) is 36.5 Å². The van der Waals surface area contributed by atoms with Crippen molar-refractivity contribution >= 4 is 11.6 Å². The molecular formula is C20H19F2N5O2. The van der Waals surface area contributed by atoms with E-state index < -0.39 is 11.6 Å². The number of ether oxygens (including phenoxy) is 1. The van der Waals surface area contributed by atoms with Crippen molar-refractivity contribution in [2.75, 3.05) is 25.1 Å². The fraction of sp³-hybridized carbons (Fsp3) is 0.400. The van der Waals surface area contributed by atoms with Crippen molar-refractivity contribution in [1.29, 1.82) is 5.26 Å².